The van der Waals surface area contributed by atoms with Gasteiger partial charge in [0, 0.05) is 11.6 Å². The van der Waals surface area contributed by atoms with E-state index in [1.54, 1.807) is 18.2 Å². The van der Waals surface area contributed by atoms with Crippen molar-refractivity contribution in [1.29, 1.82) is 0 Å². The number of carboxylic acids is 1. The van der Waals surface area contributed by atoms with Crippen LogP contribution in [0.4, 0.5) is 0 Å². The molecule has 0 aliphatic carbocycles. The third-order valence-electron chi connectivity index (χ3n) is 3.45. The molecule has 1 heterocycles. The number of nitrogens with one attached hydrogen (secondary N) is 1. The summed E-state index contributed by atoms with van der Waals surface area (Å²) in [5.74, 6) is -0.157. The summed E-state index contributed by atoms with van der Waals surface area (Å²) >= 11 is 0. The molecule has 1 aliphatic heterocycles. The number of rotatable bonds is 7. The van der Waals surface area contributed by atoms with E-state index in [4.69, 9.17) is 14.6 Å². The molecule has 114 valence electrons. The fourth-order valence-corrected chi connectivity index (χ4v) is 2.11. The third-order valence-corrected chi connectivity index (χ3v) is 3.45. The Morgan fingerprint density at radius 2 is 2.05 bits per heavy atom. The molecule has 2 atom stereocenters. The summed E-state index contributed by atoms with van der Waals surface area (Å²) in [6.45, 7) is 4.03. The van der Waals surface area contributed by atoms with Gasteiger partial charge in [-0.3, -0.25) is 9.59 Å². The number of ketones is 1. The lowest BCUT2D eigenvalue weighted by atomic mass is 10.00. The van der Waals surface area contributed by atoms with Crippen molar-refractivity contribution in [3.63, 3.8) is 0 Å². The van der Waals surface area contributed by atoms with E-state index in [-0.39, 0.29) is 25.0 Å². The topological polar surface area (TPSA) is 84.9 Å². The highest BCUT2D eigenvalue weighted by atomic mass is 16.7. The van der Waals surface area contributed by atoms with Gasteiger partial charge in [-0.25, -0.2) is 0 Å². The molecular weight excluding hydrogens is 274 g/mol. The fraction of sp³-hybridized carbons (Fsp3) is 0.467. The van der Waals surface area contributed by atoms with Crippen LogP contribution in [0.3, 0.4) is 0 Å². The van der Waals surface area contributed by atoms with Gasteiger partial charge in [0.15, 0.2) is 17.3 Å². The number of carboxylic acid groups (broad SMARTS) is 1. The molecule has 1 aromatic rings. The van der Waals surface area contributed by atoms with Crippen LogP contribution in [0.1, 0.15) is 37.0 Å². The second kappa shape index (κ2) is 6.58. The highest BCUT2D eigenvalue weighted by Gasteiger charge is 2.25. The quantitative estimate of drug-likeness (QED) is 0.746. The second-order valence-corrected chi connectivity index (χ2v) is 5.06. The van der Waals surface area contributed by atoms with Gasteiger partial charge in [0.25, 0.3) is 0 Å². The van der Waals surface area contributed by atoms with Crippen LogP contribution < -0.4 is 14.8 Å². The van der Waals surface area contributed by atoms with Crippen molar-refractivity contribution < 1.29 is 24.2 Å². The van der Waals surface area contributed by atoms with Crippen LogP contribution in [0.15, 0.2) is 18.2 Å². The second-order valence-electron chi connectivity index (χ2n) is 5.06. The van der Waals surface area contributed by atoms with Crippen LogP contribution in [0, 0.1) is 0 Å². The number of aliphatic carboxylic acids is 1. The maximum atomic E-state index is 12.5. The van der Waals surface area contributed by atoms with Crippen molar-refractivity contribution in [1.82, 2.24) is 5.32 Å². The number of carbonyl (C=O) groups is 2. The van der Waals surface area contributed by atoms with Crippen molar-refractivity contribution in [2.75, 3.05) is 6.79 Å². The molecule has 0 aromatic heterocycles. The first-order chi connectivity index (χ1) is 10.0. The number of hydrogen-bond acceptors (Lipinski definition) is 5. The number of ether oxygens (including phenoxy) is 2. The Hall–Kier alpha value is -2.08. The summed E-state index contributed by atoms with van der Waals surface area (Å²) in [5, 5.41) is 12.0. The lowest BCUT2D eigenvalue weighted by Crippen LogP contribution is -2.43. The Morgan fingerprint density at radius 3 is 2.71 bits per heavy atom. The molecular formula is C15H19NO5. The summed E-state index contributed by atoms with van der Waals surface area (Å²) in [4.78, 5) is 23.5. The van der Waals surface area contributed by atoms with Crippen LogP contribution in [-0.4, -0.2) is 35.7 Å². The summed E-state index contributed by atoms with van der Waals surface area (Å²) in [6.07, 6.45) is 0.558. The SMILES string of the molecule is CCC(C)NC(CC(=O)O)C(=O)c1ccc2c(c1)OCO2. The molecule has 0 spiro atoms. The maximum absolute atomic E-state index is 12.5. The van der Waals surface area contributed by atoms with Crippen LogP contribution in [0.2, 0.25) is 0 Å². The summed E-state index contributed by atoms with van der Waals surface area (Å²) in [6, 6.07) is 4.20. The standard InChI is InChI=1S/C15H19NO5/c1-3-9(2)16-11(7-14(17)18)15(19)10-4-5-12-13(6-10)21-8-20-12/h4-6,9,11,16H,3,7-8H2,1-2H3,(H,17,18). The molecule has 2 rings (SSSR count). The lowest BCUT2D eigenvalue weighted by molar-refractivity contribution is -0.137. The van der Waals surface area contributed by atoms with E-state index < -0.39 is 12.0 Å². The Labute approximate surface area is 123 Å². The molecule has 2 unspecified atom stereocenters. The Kier molecular flexibility index (Phi) is 4.80. The summed E-state index contributed by atoms with van der Waals surface area (Å²) in [5.41, 5.74) is 0.418. The number of Topliss-reactive ketones (excluding diaryl/α,β-unsaturated/α-hetero) is 1. The van der Waals surface area contributed by atoms with E-state index in [1.807, 2.05) is 13.8 Å². The van der Waals surface area contributed by atoms with Crippen LogP contribution in [-0.2, 0) is 4.79 Å². The third kappa shape index (κ3) is 3.72. The Balaban J connectivity index is 2.18. The molecule has 1 aliphatic rings. The smallest absolute Gasteiger partial charge is 0.305 e. The first-order valence-electron chi connectivity index (χ1n) is 6.93. The van der Waals surface area contributed by atoms with Gasteiger partial charge in [-0.1, -0.05) is 6.92 Å². The van der Waals surface area contributed by atoms with E-state index in [1.165, 1.54) is 0 Å². The first-order valence-corrected chi connectivity index (χ1v) is 6.93. The lowest BCUT2D eigenvalue weighted by Gasteiger charge is -2.20. The van der Waals surface area contributed by atoms with Gasteiger partial charge in [-0.2, -0.15) is 0 Å². The van der Waals surface area contributed by atoms with Gasteiger partial charge in [0.2, 0.25) is 6.79 Å². The van der Waals surface area contributed by atoms with E-state index >= 15 is 0 Å². The average molecular weight is 293 g/mol. The largest absolute Gasteiger partial charge is 0.481 e. The number of hydrogen-bond donors (Lipinski definition) is 2. The van der Waals surface area contributed by atoms with Crippen molar-refractivity contribution >= 4 is 11.8 Å². The van der Waals surface area contributed by atoms with E-state index in [0.717, 1.165) is 6.42 Å². The zero-order valence-electron chi connectivity index (χ0n) is 12.1. The van der Waals surface area contributed by atoms with Crippen molar-refractivity contribution in [3.05, 3.63) is 23.8 Å². The molecule has 0 bridgehead atoms. The van der Waals surface area contributed by atoms with E-state index in [9.17, 15) is 9.59 Å². The molecule has 2 N–H and O–H groups in total. The van der Waals surface area contributed by atoms with Gasteiger partial charge in [-0.15, -0.1) is 0 Å². The fourth-order valence-electron chi connectivity index (χ4n) is 2.11. The number of carbonyl (C=O) groups excluding carboxylic acids is 1. The molecule has 21 heavy (non-hydrogen) atoms. The normalized spacial score (nSPS) is 15.5. The van der Waals surface area contributed by atoms with E-state index in [2.05, 4.69) is 5.32 Å². The van der Waals surface area contributed by atoms with Gasteiger partial charge in [0.1, 0.15) is 0 Å². The highest BCUT2D eigenvalue weighted by Crippen LogP contribution is 2.32. The van der Waals surface area contributed by atoms with Crippen molar-refractivity contribution in [2.24, 2.45) is 0 Å². The van der Waals surface area contributed by atoms with Gasteiger partial charge < -0.3 is 19.9 Å². The Morgan fingerprint density at radius 1 is 1.33 bits per heavy atom. The van der Waals surface area contributed by atoms with Crippen LogP contribution >= 0.6 is 0 Å². The molecule has 0 fully saturated rings. The molecule has 1 aromatic carbocycles. The molecule has 0 amide bonds. The van der Waals surface area contributed by atoms with Crippen molar-refractivity contribution in [2.45, 2.75) is 38.8 Å². The predicted molar refractivity (Wildman–Crippen MR) is 75.8 cm³/mol. The molecule has 0 saturated carbocycles. The maximum Gasteiger partial charge on any atom is 0.305 e. The van der Waals surface area contributed by atoms with E-state index in [0.29, 0.717) is 17.1 Å². The minimum absolute atomic E-state index is 0.0623. The average Bonchev–Trinajstić information content (AvgIpc) is 2.92. The molecule has 0 saturated heterocycles. The van der Waals surface area contributed by atoms with Crippen molar-refractivity contribution in [3.8, 4) is 11.5 Å². The van der Waals surface area contributed by atoms with Crippen LogP contribution in [0.25, 0.3) is 0 Å². The Bertz CT molecular complexity index is 543. The van der Waals surface area contributed by atoms with Gasteiger partial charge in [-0.05, 0) is 31.5 Å². The predicted octanol–water partition coefficient (Wildman–Crippen LogP) is 1.83. The van der Waals surface area contributed by atoms with Gasteiger partial charge in [0.05, 0.1) is 12.5 Å². The highest BCUT2D eigenvalue weighted by molar-refractivity contribution is 6.02. The monoisotopic (exact) mass is 293 g/mol. The number of fused-ring (bicyclic) bond motifs is 1. The van der Waals surface area contributed by atoms with Gasteiger partial charge >= 0.3 is 5.97 Å². The zero-order valence-corrected chi connectivity index (χ0v) is 12.1. The number of benzene rings is 1. The molecule has 6 heteroatoms. The summed E-state index contributed by atoms with van der Waals surface area (Å²) < 4.78 is 10.4. The summed E-state index contributed by atoms with van der Waals surface area (Å²) in [7, 11) is 0. The minimum Gasteiger partial charge on any atom is -0.481 e. The molecule has 6 nitrogen and oxygen atoms in total. The molecule has 0 radical (unpaired) electrons. The zero-order chi connectivity index (χ0) is 15.4. The van der Waals surface area contributed by atoms with Crippen LogP contribution in [0.5, 0.6) is 11.5 Å². The first kappa shape index (κ1) is 15.3. The minimum atomic E-state index is -1.01.